The molecule has 0 spiro atoms. The molecular weight excluding hydrogens is 124 g/mol. The molecule has 0 aliphatic heterocycles. The Balaban J connectivity index is 3.54. The lowest BCUT2D eigenvalue weighted by Crippen LogP contribution is -2.34. The van der Waals surface area contributed by atoms with Gasteiger partial charge in [-0.05, 0) is 19.8 Å². The lowest BCUT2D eigenvalue weighted by Gasteiger charge is -2.15. The predicted molar refractivity (Wildman–Crippen MR) is 42.6 cm³/mol. The number of hydrogen-bond donors (Lipinski definition) is 1. The van der Waals surface area contributed by atoms with E-state index in [0.29, 0.717) is 6.04 Å². The molecule has 0 fully saturated rings. The summed E-state index contributed by atoms with van der Waals surface area (Å²) in [6.07, 6.45) is 2.20. The molecule has 2 nitrogen and oxygen atoms in total. The van der Waals surface area contributed by atoms with Crippen LogP contribution in [0.2, 0.25) is 0 Å². The van der Waals surface area contributed by atoms with E-state index >= 15 is 0 Å². The summed E-state index contributed by atoms with van der Waals surface area (Å²) in [6.45, 7) is 6.15. The lowest BCUT2D eigenvalue weighted by molar-refractivity contribution is 0.465. The fraction of sp³-hybridized carbons (Fsp3) is 0.875. The molecule has 0 amide bonds. The zero-order valence-electron chi connectivity index (χ0n) is 7.02. The van der Waals surface area contributed by atoms with Gasteiger partial charge in [-0.2, -0.15) is 5.26 Å². The van der Waals surface area contributed by atoms with E-state index in [1.807, 2.05) is 6.92 Å². The van der Waals surface area contributed by atoms with Gasteiger partial charge in [0.1, 0.15) is 0 Å². The van der Waals surface area contributed by atoms with E-state index in [1.165, 1.54) is 0 Å². The third kappa shape index (κ3) is 3.47. The number of nitriles is 1. The number of nitrogens with one attached hydrogen (secondary N) is 1. The molecule has 0 saturated heterocycles. The van der Waals surface area contributed by atoms with Crippen LogP contribution in [-0.4, -0.2) is 12.1 Å². The highest BCUT2D eigenvalue weighted by Crippen LogP contribution is 1.96. The van der Waals surface area contributed by atoms with Crippen LogP contribution in [0.4, 0.5) is 0 Å². The van der Waals surface area contributed by atoms with Crippen LogP contribution in [0, 0.1) is 11.3 Å². The number of hydrogen-bond acceptors (Lipinski definition) is 2. The summed E-state index contributed by atoms with van der Waals surface area (Å²) >= 11 is 0. The lowest BCUT2D eigenvalue weighted by atomic mass is 10.1. The van der Waals surface area contributed by atoms with Gasteiger partial charge in [-0.25, -0.2) is 0 Å². The quantitative estimate of drug-likeness (QED) is 0.645. The molecule has 58 valence electrons. The Hall–Kier alpha value is -0.550. The average Bonchev–Trinajstić information content (AvgIpc) is 1.99. The second-order valence-corrected chi connectivity index (χ2v) is 2.53. The minimum atomic E-state index is -0.00935. The van der Waals surface area contributed by atoms with E-state index in [2.05, 4.69) is 25.2 Å². The fourth-order valence-corrected chi connectivity index (χ4v) is 0.915. The van der Waals surface area contributed by atoms with Crippen LogP contribution in [0.3, 0.4) is 0 Å². The molecule has 0 saturated carbocycles. The van der Waals surface area contributed by atoms with Gasteiger partial charge in [-0.1, -0.05) is 13.8 Å². The Morgan fingerprint density at radius 3 is 2.20 bits per heavy atom. The maximum absolute atomic E-state index is 8.46. The van der Waals surface area contributed by atoms with Gasteiger partial charge in [-0.3, -0.25) is 5.32 Å². The summed E-state index contributed by atoms with van der Waals surface area (Å²) in [5.41, 5.74) is 0. The molecule has 0 aliphatic rings. The summed E-state index contributed by atoms with van der Waals surface area (Å²) in [4.78, 5) is 0. The smallest absolute Gasteiger partial charge is 0.0926 e. The van der Waals surface area contributed by atoms with E-state index < -0.39 is 0 Å². The van der Waals surface area contributed by atoms with Crippen molar-refractivity contribution in [3.63, 3.8) is 0 Å². The summed E-state index contributed by atoms with van der Waals surface area (Å²) in [5.74, 6) is 0. The topological polar surface area (TPSA) is 35.8 Å². The predicted octanol–water partition coefficient (Wildman–Crippen LogP) is 1.68. The average molecular weight is 140 g/mol. The van der Waals surface area contributed by atoms with Crippen molar-refractivity contribution in [3.8, 4) is 6.07 Å². The Bertz CT molecular complexity index is 111. The first-order valence-corrected chi connectivity index (χ1v) is 3.90. The standard InChI is InChI=1S/C8H16N2/c1-4-8(5-2)10-7(3)6-9/h7-8,10H,4-5H2,1-3H3. The maximum Gasteiger partial charge on any atom is 0.0926 e. The monoisotopic (exact) mass is 140 g/mol. The summed E-state index contributed by atoms with van der Waals surface area (Å²) in [6, 6.07) is 2.65. The molecule has 1 unspecified atom stereocenters. The second-order valence-electron chi connectivity index (χ2n) is 2.53. The van der Waals surface area contributed by atoms with Crippen molar-refractivity contribution in [2.24, 2.45) is 0 Å². The van der Waals surface area contributed by atoms with Crippen LogP contribution < -0.4 is 5.32 Å². The number of rotatable bonds is 4. The molecule has 0 aromatic rings. The molecular formula is C8H16N2. The van der Waals surface area contributed by atoms with Crippen molar-refractivity contribution in [2.75, 3.05) is 0 Å². The minimum Gasteiger partial charge on any atom is -0.299 e. The fourth-order valence-electron chi connectivity index (χ4n) is 0.915. The molecule has 0 aliphatic carbocycles. The highest BCUT2D eigenvalue weighted by molar-refractivity contribution is 4.87. The van der Waals surface area contributed by atoms with Crippen molar-refractivity contribution >= 4 is 0 Å². The van der Waals surface area contributed by atoms with Gasteiger partial charge in [0.15, 0.2) is 0 Å². The normalized spacial score (nSPS) is 13.1. The van der Waals surface area contributed by atoms with Crippen molar-refractivity contribution in [1.82, 2.24) is 5.32 Å². The first kappa shape index (κ1) is 9.45. The van der Waals surface area contributed by atoms with Crippen molar-refractivity contribution in [3.05, 3.63) is 0 Å². The largest absolute Gasteiger partial charge is 0.299 e. The van der Waals surface area contributed by atoms with E-state index in [9.17, 15) is 0 Å². The molecule has 1 N–H and O–H groups in total. The van der Waals surface area contributed by atoms with Gasteiger partial charge in [0.25, 0.3) is 0 Å². The van der Waals surface area contributed by atoms with Crippen LogP contribution in [0.5, 0.6) is 0 Å². The van der Waals surface area contributed by atoms with Gasteiger partial charge in [0.05, 0.1) is 12.1 Å². The van der Waals surface area contributed by atoms with E-state index in [4.69, 9.17) is 5.26 Å². The van der Waals surface area contributed by atoms with Gasteiger partial charge >= 0.3 is 0 Å². The van der Waals surface area contributed by atoms with Crippen molar-refractivity contribution in [1.29, 1.82) is 5.26 Å². The summed E-state index contributed by atoms with van der Waals surface area (Å²) in [5, 5.41) is 11.7. The van der Waals surface area contributed by atoms with Gasteiger partial charge in [-0.15, -0.1) is 0 Å². The molecule has 10 heavy (non-hydrogen) atoms. The van der Waals surface area contributed by atoms with Crippen LogP contribution in [0.1, 0.15) is 33.6 Å². The zero-order chi connectivity index (χ0) is 7.98. The van der Waals surface area contributed by atoms with Crippen LogP contribution in [0.15, 0.2) is 0 Å². The first-order chi connectivity index (χ1) is 4.74. The SMILES string of the molecule is CCC(CC)NC(C)C#N. The molecule has 0 heterocycles. The zero-order valence-corrected chi connectivity index (χ0v) is 7.02. The van der Waals surface area contributed by atoms with Crippen LogP contribution >= 0.6 is 0 Å². The maximum atomic E-state index is 8.46. The molecule has 1 atom stereocenters. The van der Waals surface area contributed by atoms with Gasteiger partial charge < -0.3 is 0 Å². The highest BCUT2D eigenvalue weighted by Gasteiger charge is 2.05. The Kier molecular flexibility index (Phi) is 4.96. The number of nitrogens with zero attached hydrogens (tertiary/aromatic N) is 1. The first-order valence-electron chi connectivity index (χ1n) is 3.90. The summed E-state index contributed by atoms with van der Waals surface area (Å²) < 4.78 is 0. The highest BCUT2D eigenvalue weighted by atomic mass is 14.9. The Labute approximate surface area is 63.2 Å². The molecule has 0 rings (SSSR count). The van der Waals surface area contributed by atoms with Crippen LogP contribution in [0.25, 0.3) is 0 Å². The second kappa shape index (κ2) is 5.25. The van der Waals surface area contributed by atoms with Crippen molar-refractivity contribution in [2.45, 2.75) is 45.7 Å². The third-order valence-corrected chi connectivity index (χ3v) is 1.66. The molecule has 0 bridgehead atoms. The molecule has 2 heteroatoms. The molecule has 0 aromatic carbocycles. The van der Waals surface area contributed by atoms with Crippen LogP contribution in [-0.2, 0) is 0 Å². The Morgan fingerprint density at radius 1 is 1.40 bits per heavy atom. The Morgan fingerprint density at radius 2 is 1.90 bits per heavy atom. The van der Waals surface area contributed by atoms with Gasteiger partial charge in [0, 0.05) is 6.04 Å². The van der Waals surface area contributed by atoms with E-state index in [1.54, 1.807) is 0 Å². The minimum absolute atomic E-state index is 0.00935. The third-order valence-electron chi connectivity index (χ3n) is 1.66. The van der Waals surface area contributed by atoms with Gasteiger partial charge in [0.2, 0.25) is 0 Å². The van der Waals surface area contributed by atoms with E-state index in [0.717, 1.165) is 12.8 Å². The molecule has 0 radical (unpaired) electrons. The molecule has 0 aromatic heterocycles. The van der Waals surface area contributed by atoms with Crippen molar-refractivity contribution < 1.29 is 0 Å². The summed E-state index contributed by atoms with van der Waals surface area (Å²) in [7, 11) is 0. The van der Waals surface area contributed by atoms with E-state index in [-0.39, 0.29) is 6.04 Å².